The van der Waals surface area contributed by atoms with Gasteiger partial charge in [-0.1, -0.05) is 78.8 Å². The number of benzene rings is 3. The summed E-state index contributed by atoms with van der Waals surface area (Å²) in [6.07, 6.45) is 2.81. The first-order valence-corrected chi connectivity index (χ1v) is 14.3. The van der Waals surface area contributed by atoms with Crippen molar-refractivity contribution in [3.8, 4) is 17.1 Å². The van der Waals surface area contributed by atoms with E-state index in [1.54, 1.807) is 34.6 Å². The van der Waals surface area contributed by atoms with Crippen LogP contribution in [0.15, 0.2) is 95.0 Å². The summed E-state index contributed by atoms with van der Waals surface area (Å²) in [7, 11) is -3.59. The summed E-state index contributed by atoms with van der Waals surface area (Å²) in [4.78, 5) is 12.9. The van der Waals surface area contributed by atoms with Crippen molar-refractivity contribution in [2.45, 2.75) is 29.3 Å². The molecule has 0 N–H and O–H groups in total. The summed E-state index contributed by atoms with van der Waals surface area (Å²) in [5, 5.41) is 9.36. The quantitative estimate of drug-likeness (QED) is 0.239. The largest absolute Gasteiger partial charge is 0.293 e. The van der Waals surface area contributed by atoms with Gasteiger partial charge in [-0.2, -0.15) is 4.31 Å². The molecule has 36 heavy (non-hydrogen) atoms. The van der Waals surface area contributed by atoms with Gasteiger partial charge in [0.05, 0.1) is 10.6 Å². The molecule has 3 aromatic carbocycles. The van der Waals surface area contributed by atoms with E-state index >= 15 is 0 Å². The topological polar surface area (TPSA) is 85.2 Å². The Morgan fingerprint density at radius 2 is 1.53 bits per heavy atom. The lowest BCUT2D eigenvalue weighted by molar-refractivity contribution is 0.102. The molecule has 1 aliphatic heterocycles. The molecule has 1 fully saturated rings. The number of hydrogen-bond donors (Lipinski definition) is 0. The number of hydrogen-bond acceptors (Lipinski definition) is 6. The van der Waals surface area contributed by atoms with Crippen LogP contribution < -0.4 is 0 Å². The maximum Gasteiger partial charge on any atom is 0.243 e. The zero-order valence-corrected chi connectivity index (χ0v) is 21.3. The minimum Gasteiger partial charge on any atom is -0.293 e. The molecule has 0 bridgehead atoms. The summed E-state index contributed by atoms with van der Waals surface area (Å²) < 4.78 is 30.0. The summed E-state index contributed by atoms with van der Waals surface area (Å²) in [6.45, 7) is 1.09. The van der Waals surface area contributed by atoms with Gasteiger partial charge in [-0.3, -0.25) is 9.36 Å². The molecule has 0 aliphatic carbocycles. The molecule has 4 aromatic rings. The third-order valence-electron chi connectivity index (χ3n) is 6.12. The highest BCUT2D eigenvalue weighted by molar-refractivity contribution is 7.99. The van der Waals surface area contributed by atoms with Crippen molar-refractivity contribution < 1.29 is 13.2 Å². The number of carbonyl (C=O) groups excluding carboxylic acids is 1. The van der Waals surface area contributed by atoms with Crippen molar-refractivity contribution in [2.24, 2.45) is 0 Å². The maximum absolute atomic E-state index is 13.3. The van der Waals surface area contributed by atoms with Crippen LogP contribution in [0.3, 0.4) is 0 Å². The van der Waals surface area contributed by atoms with Crippen LogP contribution in [-0.4, -0.2) is 52.1 Å². The van der Waals surface area contributed by atoms with Gasteiger partial charge in [-0.15, -0.1) is 10.2 Å². The minimum absolute atomic E-state index is 0.000570. The Morgan fingerprint density at radius 3 is 2.25 bits per heavy atom. The van der Waals surface area contributed by atoms with E-state index in [-0.39, 0.29) is 16.4 Å². The van der Waals surface area contributed by atoms with E-state index in [1.807, 2.05) is 59.2 Å². The zero-order chi connectivity index (χ0) is 25.0. The van der Waals surface area contributed by atoms with Crippen molar-refractivity contribution in [1.29, 1.82) is 0 Å². The molecular formula is C27H26N4O3S2. The Hall–Kier alpha value is -3.27. The lowest BCUT2D eigenvalue weighted by atomic mass is 10.2. The smallest absolute Gasteiger partial charge is 0.243 e. The van der Waals surface area contributed by atoms with Crippen LogP contribution in [0.5, 0.6) is 0 Å². The molecule has 0 atom stereocenters. The highest BCUT2D eigenvalue weighted by atomic mass is 32.2. The van der Waals surface area contributed by atoms with Gasteiger partial charge in [0.15, 0.2) is 16.8 Å². The van der Waals surface area contributed by atoms with Crippen LogP contribution in [0.2, 0.25) is 0 Å². The first kappa shape index (κ1) is 24.4. The van der Waals surface area contributed by atoms with Gasteiger partial charge >= 0.3 is 0 Å². The number of nitrogens with zero attached hydrogens (tertiary/aromatic N) is 4. The zero-order valence-electron chi connectivity index (χ0n) is 19.7. The summed E-state index contributed by atoms with van der Waals surface area (Å²) in [5.74, 6) is 0.726. The van der Waals surface area contributed by atoms with Gasteiger partial charge in [0.2, 0.25) is 10.0 Å². The molecule has 7 nitrogen and oxygen atoms in total. The molecule has 1 saturated heterocycles. The van der Waals surface area contributed by atoms with E-state index in [4.69, 9.17) is 0 Å². The van der Waals surface area contributed by atoms with Crippen molar-refractivity contribution in [3.05, 3.63) is 90.5 Å². The van der Waals surface area contributed by atoms with Crippen LogP contribution >= 0.6 is 11.8 Å². The molecule has 0 unspecified atom stereocenters. The average molecular weight is 519 g/mol. The lowest BCUT2D eigenvalue weighted by Crippen LogP contribution is -2.35. The highest BCUT2D eigenvalue weighted by Gasteiger charge is 2.27. The van der Waals surface area contributed by atoms with Crippen molar-refractivity contribution in [2.75, 3.05) is 18.8 Å². The molecule has 0 saturated carbocycles. The molecule has 0 amide bonds. The first-order chi connectivity index (χ1) is 17.5. The second kappa shape index (κ2) is 10.8. The number of ketones is 1. The number of rotatable bonds is 8. The average Bonchev–Trinajstić information content (AvgIpc) is 3.37. The Morgan fingerprint density at radius 1 is 0.833 bits per heavy atom. The highest BCUT2D eigenvalue weighted by Crippen LogP contribution is 2.30. The van der Waals surface area contributed by atoms with E-state index < -0.39 is 10.0 Å². The van der Waals surface area contributed by atoms with E-state index in [2.05, 4.69) is 10.2 Å². The van der Waals surface area contributed by atoms with Gasteiger partial charge < -0.3 is 0 Å². The fourth-order valence-electron chi connectivity index (χ4n) is 4.25. The van der Waals surface area contributed by atoms with Crippen LogP contribution in [0, 0.1) is 0 Å². The third-order valence-corrected chi connectivity index (χ3v) is 8.94. The van der Waals surface area contributed by atoms with Gasteiger partial charge in [0.25, 0.3) is 0 Å². The van der Waals surface area contributed by atoms with Gasteiger partial charge in [0.1, 0.15) is 0 Å². The van der Waals surface area contributed by atoms with Crippen LogP contribution in [0.1, 0.15) is 29.6 Å². The number of sulfonamides is 1. The van der Waals surface area contributed by atoms with Gasteiger partial charge in [-0.05, 0) is 37.1 Å². The number of carbonyl (C=O) groups is 1. The molecule has 5 rings (SSSR count). The van der Waals surface area contributed by atoms with Crippen molar-refractivity contribution in [3.63, 3.8) is 0 Å². The minimum atomic E-state index is -3.59. The van der Waals surface area contributed by atoms with Crippen molar-refractivity contribution >= 4 is 27.6 Å². The van der Waals surface area contributed by atoms with E-state index in [9.17, 15) is 13.2 Å². The first-order valence-electron chi connectivity index (χ1n) is 11.9. The molecule has 184 valence electrons. The molecule has 0 spiro atoms. The van der Waals surface area contributed by atoms with E-state index in [1.165, 1.54) is 11.8 Å². The lowest BCUT2D eigenvalue weighted by Gasteiger charge is -2.26. The number of thioether (sulfide) groups is 1. The Bertz CT molecular complexity index is 1450. The predicted octanol–water partition coefficient (Wildman–Crippen LogP) is 5.08. The number of aromatic nitrogens is 3. The van der Waals surface area contributed by atoms with Gasteiger partial charge in [0, 0.05) is 29.9 Å². The maximum atomic E-state index is 13.3. The van der Waals surface area contributed by atoms with Gasteiger partial charge in [-0.25, -0.2) is 8.42 Å². The third kappa shape index (κ3) is 5.13. The molecule has 1 aromatic heterocycles. The van der Waals surface area contributed by atoms with Crippen LogP contribution in [-0.2, 0) is 10.0 Å². The second-order valence-electron chi connectivity index (χ2n) is 8.55. The summed E-state index contributed by atoms with van der Waals surface area (Å²) >= 11 is 1.31. The Kier molecular flexibility index (Phi) is 7.31. The van der Waals surface area contributed by atoms with Crippen molar-refractivity contribution in [1.82, 2.24) is 19.1 Å². The predicted molar refractivity (Wildman–Crippen MR) is 141 cm³/mol. The summed E-state index contributed by atoms with van der Waals surface area (Å²) in [5.41, 5.74) is 2.12. The fourth-order valence-corrected chi connectivity index (χ4v) is 6.66. The molecule has 2 heterocycles. The Balaban J connectivity index is 1.49. The standard InChI is InChI=1S/C27H26N4O3S2/c32-25(21-11-4-1-5-12-21)20-35-27-29-28-26(31(27)23-14-6-2-7-15-23)22-13-10-16-24(19-22)36(33,34)30-17-8-3-9-18-30/h1-2,4-7,10-16,19H,3,8-9,17-18,20H2. The van der Waals surface area contributed by atoms with Crippen LogP contribution in [0.25, 0.3) is 17.1 Å². The number of Topliss-reactive ketones (excluding diaryl/α,β-unsaturated/α-hetero) is 1. The SMILES string of the molecule is O=C(CSc1nnc(-c2cccc(S(=O)(=O)N3CCCCC3)c2)n1-c1ccccc1)c1ccccc1. The Labute approximate surface area is 215 Å². The van der Waals surface area contributed by atoms with E-state index in [0.717, 1.165) is 24.9 Å². The van der Waals surface area contributed by atoms with E-state index in [0.29, 0.717) is 35.2 Å². The molecule has 0 radical (unpaired) electrons. The fraction of sp³-hybridized carbons (Fsp3) is 0.222. The molecular weight excluding hydrogens is 492 g/mol. The normalized spacial score (nSPS) is 14.6. The monoisotopic (exact) mass is 518 g/mol. The molecule has 1 aliphatic rings. The molecule has 9 heteroatoms. The summed E-state index contributed by atoms with van der Waals surface area (Å²) in [6, 6.07) is 25.6. The van der Waals surface area contributed by atoms with Crippen LogP contribution in [0.4, 0.5) is 0 Å². The number of para-hydroxylation sites is 1. The second-order valence-corrected chi connectivity index (χ2v) is 11.4. The number of piperidine rings is 1.